The predicted octanol–water partition coefficient (Wildman–Crippen LogP) is 6.93. The van der Waals surface area contributed by atoms with E-state index < -0.39 is 11.6 Å². The molecule has 0 aromatic heterocycles. The van der Waals surface area contributed by atoms with E-state index in [1.54, 1.807) is 0 Å². The van der Waals surface area contributed by atoms with Crippen LogP contribution in [0.1, 0.15) is 61.6 Å². The van der Waals surface area contributed by atoms with E-state index in [2.05, 4.69) is 30.9 Å². The van der Waals surface area contributed by atoms with Gasteiger partial charge in [-0.15, -0.1) is 0 Å². The van der Waals surface area contributed by atoms with Gasteiger partial charge in [-0.25, -0.2) is 8.78 Å². The van der Waals surface area contributed by atoms with Crippen molar-refractivity contribution < 1.29 is 8.78 Å². The van der Waals surface area contributed by atoms with Crippen LogP contribution in [0.25, 0.3) is 0 Å². The molecule has 0 N–H and O–H groups in total. The van der Waals surface area contributed by atoms with Gasteiger partial charge in [-0.05, 0) is 54.7 Å². The molecule has 1 aliphatic rings. The molecule has 0 saturated carbocycles. The van der Waals surface area contributed by atoms with Gasteiger partial charge >= 0.3 is 0 Å². The fourth-order valence-corrected chi connectivity index (χ4v) is 6.80. The Bertz CT molecular complexity index is 793. The van der Waals surface area contributed by atoms with Gasteiger partial charge in [-0.2, -0.15) is 0 Å². The first-order valence-corrected chi connectivity index (χ1v) is 12.2. The maximum absolute atomic E-state index is 13.2. The summed E-state index contributed by atoms with van der Waals surface area (Å²) >= 11 is 0. The zero-order chi connectivity index (χ0) is 19.1. The van der Waals surface area contributed by atoms with Gasteiger partial charge in [-0.3, -0.25) is 0 Å². The van der Waals surface area contributed by atoms with Gasteiger partial charge < -0.3 is 0 Å². The molecule has 1 radical (unpaired) electrons. The Morgan fingerprint density at radius 3 is 2.22 bits per heavy atom. The Morgan fingerprint density at radius 2 is 1.56 bits per heavy atom. The lowest BCUT2D eigenvalue weighted by Gasteiger charge is -2.27. The quantitative estimate of drug-likeness (QED) is 0.299. The number of halogens is 2. The van der Waals surface area contributed by atoms with Crippen LogP contribution in [0.3, 0.4) is 0 Å². The lowest BCUT2D eigenvalue weighted by molar-refractivity contribution is 0.508. The summed E-state index contributed by atoms with van der Waals surface area (Å²) in [5.41, 5.74) is 2.81. The Morgan fingerprint density at radius 1 is 0.889 bits per heavy atom. The van der Waals surface area contributed by atoms with E-state index in [-0.39, 0.29) is 8.80 Å². The second kappa shape index (κ2) is 9.85. The molecule has 0 aliphatic carbocycles. The SMILES string of the molecule is CCCCC[Si]1CCC(c2ccc(C#Cc3ccc(F)c(F)c3)cc2)CC1. The molecule has 0 bridgehead atoms. The topological polar surface area (TPSA) is 0 Å². The summed E-state index contributed by atoms with van der Waals surface area (Å²) < 4.78 is 26.2. The van der Waals surface area contributed by atoms with E-state index >= 15 is 0 Å². The highest BCUT2D eigenvalue weighted by atomic mass is 28.3. The number of benzene rings is 2. The van der Waals surface area contributed by atoms with Crippen LogP contribution >= 0.6 is 0 Å². The highest BCUT2D eigenvalue weighted by Crippen LogP contribution is 2.35. The second-order valence-corrected chi connectivity index (χ2v) is 10.5. The Labute approximate surface area is 163 Å². The second-order valence-electron chi connectivity index (χ2n) is 7.48. The van der Waals surface area contributed by atoms with Crippen molar-refractivity contribution in [2.45, 2.75) is 63.1 Å². The standard InChI is InChI=1S/C24H27F2Si/c1-2-3-4-15-27-16-13-22(14-17-27)21-10-7-19(8-11-21)5-6-20-9-12-23(25)24(26)18-20/h7-12,18,22H,2-4,13-17H2,1H3. The van der Waals surface area contributed by atoms with Crippen LogP contribution in [-0.2, 0) is 0 Å². The minimum Gasteiger partial charge on any atom is -0.204 e. The van der Waals surface area contributed by atoms with Gasteiger partial charge in [0.05, 0.1) is 0 Å². The minimum atomic E-state index is -0.856. The molecule has 3 rings (SSSR count). The molecule has 1 aliphatic heterocycles. The molecule has 1 fully saturated rings. The average molecular weight is 382 g/mol. The molecule has 0 unspecified atom stereocenters. The van der Waals surface area contributed by atoms with Gasteiger partial charge in [0.2, 0.25) is 0 Å². The Hall–Kier alpha value is -1.92. The molecule has 2 aromatic carbocycles. The van der Waals surface area contributed by atoms with Crippen LogP contribution in [0.2, 0.25) is 18.1 Å². The lowest BCUT2D eigenvalue weighted by atomic mass is 9.93. The van der Waals surface area contributed by atoms with Crippen LogP contribution in [0, 0.1) is 23.5 Å². The summed E-state index contributed by atoms with van der Waals surface area (Å²) in [6.45, 7) is 2.28. The molecule has 0 amide bonds. The summed E-state index contributed by atoms with van der Waals surface area (Å²) in [7, 11) is -0.0931. The number of rotatable bonds is 5. The highest BCUT2D eigenvalue weighted by Gasteiger charge is 2.23. The van der Waals surface area contributed by atoms with E-state index in [1.807, 2.05) is 12.1 Å². The Balaban J connectivity index is 1.55. The van der Waals surface area contributed by atoms with Crippen LogP contribution in [0.4, 0.5) is 8.78 Å². The number of unbranched alkanes of at least 4 members (excludes halogenated alkanes) is 2. The molecule has 1 heterocycles. The van der Waals surface area contributed by atoms with Crippen LogP contribution < -0.4 is 0 Å². The zero-order valence-electron chi connectivity index (χ0n) is 16.0. The molecule has 27 heavy (non-hydrogen) atoms. The fourth-order valence-electron chi connectivity index (χ4n) is 3.79. The summed E-state index contributed by atoms with van der Waals surface area (Å²) in [6.07, 6.45) is 6.81. The van der Waals surface area contributed by atoms with E-state index in [4.69, 9.17) is 0 Å². The van der Waals surface area contributed by atoms with Gasteiger partial charge in [0.15, 0.2) is 11.6 Å². The van der Waals surface area contributed by atoms with Crippen molar-refractivity contribution in [2.75, 3.05) is 0 Å². The van der Waals surface area contributed by atoms with Crippen molar-refractivity contribution in [3.05, 3.63) is 70.8 Å². The summed E-state index contributed by atoms with van der Waals surface area (Å²) in [6, 6.07) is 16.6. The fraction of sp³-hybridized carbons (Fsp3) is 0.417. The normalized spacial score (nSPS) is 15.4. The number of hydrogen-bond donors (Lipinski definition) is 0. The van der Waals surface area contributed by atoms with E-state index in [0.717, 1.165) is 17.7 Å². The van der Waals surface area contributed by atoms with Crippen molar-refractivity contribution in [3.63, 3.8) is 0 Å². The van der Waals surface area contributed by atoms with Gasteiger partial charge in [0, 0.05) is 19.9 Å². The molecule has 3 heteroatoms. The van der Waals surface area contributed by atoms with Crippen molar-refractivity contribution >= 4 is 8.80 Å². The molecule has 141 valence electrons. The first-order chi connectivity index (χ1) is 13.2. The molecule has 2 aromatic rings. The predicted molar refractivity (Wildman–Crippen MR) is 110 cm³/mol. The molecular formula is C24H27F2Si. The molecule has 1 saturated heterocycles. The summed E-state index contributed by atoms with van der Waals surface area (Å²) in [4.78, 5) is 0. The summed E-state index contributed by atoms with van der Waals surface area (Å²) in [5, 5.41) is 0. The smallest absolute Gasteiger partial charge is 0.160 e. The van der Waals surface area contributed by atoms with E-state index in [0.29, 0.717) is 11.5 Å². The van der Waals surface area contributed by atoms with Gasteiger partial charge in [0.25, 0.3) is 0 Å². The van der Waals surface area contributed by atoms with Gasteiger partial charge in [-0.1, -0.05) is 68.3 Å². The van der Waals surface area contributed by atoms with Crippen LogP contribution in [0.15, 0.2) is 42.5 Å². The minimum absolute atomic E-state index is 0.0931. The monoisotopic (exact) mass is 381 g/mol. The van der Waals surface area contributed by atoms with Crippen LogP contribution in [-0.4, -0.2) is 8.80 Å². The first kappa shape index (κ1) is 19.8. The highest BCUT2D eigenvalue weighted by molar-refractivity contribution is 6.59. The average Bonchev–Trinajstić information content (AvgIpc) is 2.70. The largest absolute Gasteiger partial charge is 0.204 e. The third-order valence-corrected chi connectivity index (χ3v) is 8.53. The first-order valence-electron chi connectivity index (χ1n) is 10.1. The third kappa shape index (κ3) is 5.78. The summed E-state index contributed by atoms with van der Waals surface area (Å²) in [5.74, 6) is 4.94. The van der Waals surface area contributed by atoms with Gasteiger partial charge in [0.1, 0.15) is 0 Å². The van der Waals surface area contributed by atoms with Crippen molar-refractivity contribution in [1.29, 1.82) is 0 Å². The van der Waals surface area contributed by atoms with Crippen molar-refractivity contribution in [2.24, 2.45) is 0 Å². The Kier molecular flexibility index (Phi) is 7.23. The maximum Gasteiger partial charge on any atom is 0.160 e. The molecule has 0 spiro atoms. The lowest BCUT2D eigenvalue weighted by Crippen LogP contribution is -2.20. The van der Waals surface area contributed by atoms with E-state index in [9.17, 15) is 8.78 Å². The zero-order valence-corrected chi connectivity index (χ0v) is 17.0. The third-order valence-electron chi connectivity index (χ3n) is 5.48. The van der Waals surface area contributed by atoms with Crippen molar-refractivity contribution in [3.8, 4) is 11.8 Å². The maximum atomic E-state index is 13.2. The van der Waals surface area contributed by atoms with E-state index in [1.165, 1.54) is 61.9 Å². The van der Waals surface area contributed by atoms with Crippen LogP contribution in [0.5, 0.6) is 0 Å². The molecular weight excluding hydrogens is 354 g/mol. The number of hydrogen-bond acceptors (Lipinski definition) is 0. The molecule has 0 atom stereocenters. The molecule has 0 nitrogen and oxygen atoms in total. The van der Waals surface area contributed by atoms with Crippen molar-refractivity contribution in [1.82, 2.24) is 0 Å².